The van der Waals surface area contributed by atoms with Crippen molar-refractivity contribution < 1.29 is 9.32 Å². The van der Waals surface area contributed by atoms with Crippen LogP contribution in [0.5, 0.6) is 0 Å². The fourth-order valence-electron chi connectivity index (χ4n) is 2.76. The summed E-state index contributed by atoms with van der Waals surface area (Å²) in [6.07, 6.45) is 6.53. The van der Waals surface area contributed by atoms with E-state index in [1.54, 1.807) is 12.5 Å². The van der Waals surface area contributed by atoms with E-state index in [0.29, 0.717) is 12.2 Å². The molecule has 0 aliphatic heterocycles. The van der Waals surface area contributed by atoms with Crippen LogP contribution in [0.1, 0.15) is 23.2 Å². The second kappa shape index (κ2) is 6.64. The molecule has 2 aromatic heterocycles. The molecule has 0 saturated carbocycles. The van der Waals surface area contributed by atoms with Crippen LogP contribution in [0.4, 0.5) is 0 Å². The molecule has 3 rings (SSSR count). The molecule has 6 nitrogen and oxygen atoms in total. The molecule has 0 bridgehead atoms. The van der Waals surface area contributed by atoms with Crippen LogP contribution in [0, 0.1) is 13.8 Å². The van der Waals surface area contributed by atoms with E-state index in [-0.39, 0.29) is 12.3 Å². The van der Waals surface area contributed by atoms with E-state index in [1.165, 1.54) is 0 Å². The highest BCUT2D eigenvalue weighted by molar-refractivity contribution is 5.88. The SMILES string of the molecule is Cc1cc(C)c2c(CC(=O)NCCCn3ccnc3)noc2c1. The number of nitrogens with one attached hydrogen (secondary N) is 1. The topological polar surface area (TPSA) is 73.0 Å². The number of carbonyl (C=O) groups excluding carboxylic acids is 1. The Balaban J connectivity index is 1.55. The number of aryl methyl sites for hydroxylation is 3. The molecule has 120 valence electrons. The number of amides is 1. The number of nitrogens with zero attached hydrogens (tertiary/aromatic N) is 3. The second-order valence-electron chi connectivity index (χ2n) is 5.77. The molecular weight excluding hydrogens is 292 g/mol. The Morgan fingerprint density at radius 2 is 2.22 bits per heavy atom. The molecule has 1 N–H and O–H groups in total. The zero-order valence-electron chi connectivity index (χ0n) is 13.4. The lowest BCUT2D eigenvalue weighted by Gasteiger charge is -2.05. The first kappa shape index (κ1) is 15.3. The first-order chi connectivity index (χ1) is 11.1. The van der Waals surface area contributed by atoms with Gasteiger partial charge >= 0.3 is 0 Å². The molecule has 2 heterocycles. The standard InChI is InChI=1S/C17H20N4O2/c1-12-8-13(2)17-14(20-23-15(17)9-12)10-16(22)19-4-3-6-21-7-5-18-11-21/h5,7-9,11H,3-4,6,10H2,1-2H3,(H,19,22). The molecule has 3 aromatic rings. The van der Waals surface area contributed by atoms with Crippen molar-refractivity contribution in [2.45, 2.75) is 33.2 Å². The lowest BCUT2D eigenvalue weighted by molar-refractivity contribution is -0.120. The summed E-state index contributed by atoms with van der Waals surface area (Å²) < 4.78 is 7.33. The van der Waals surface area contributed by atoms with Crippen LogP contribution in [-0.2, 0) is 17.8 Å². The minimum atomic E-state index is -0.0363. The Hall–Kier alpha value is -2.63. The Kier molecular flexibility index (Phi) is 4.41. The lowest BCUT2D eigenvalue weighted by Crippen LogP contribution is -2.27. The van der Waals surface area contributed by atoms with E-state index >= 15 is 0 Å². The molecule has 0 radical (unpaired) electrons. The van der Waals surface area contributed by atoms with Crippen molar-refractivity contribution in [1.29, 1.82) is 0 Å². The van der Waals surface area contributed by atoms with E-state index in [4.69, 9.17) is 4.52 Å². The number of hydrogen-bond donors (Lipinski definition) is 1. The van der Waals surface area contributed by atoms with Crippen LogP contribution in [0.15, 0.2) is 35.4 Å². The predicted octanol–water partition coefficient (Wildman–Crippen LogP) is 2.39. The number of rotatable bonds is 6. The van der Waals surface area contributed by atoms with Gasteiger partial charge in [0.15, 0.2) is 5.58 Å². The predicted molar refractivity (Wildman–Crippen MR) is 87.0 cm³/mol. The van der Waals surface area contributed by atoms with Gasteiger partial charge in [0, 0.05) is 30.9 Å². The van der Waals surface area contributed by atoms with E-state index in [2.05, 4.69) is 21.5 Å². The van der Waals surface area contributed by atoms with Gasteiger partial charge in [-0.25, -0.2) is 4.98 Å². The van der Waals surface area contributed by atoms with E-state index in [0.717, 1.165) is 35.1 Å². The third-order valence-electron chi connectivity index (χ3n) is 3.79. The highest BCUT2D eigenvalue weighted by atomic mass is 16.5. The summed E-state index contributed by atoms with van der Waals surface area (Å²) in [6, 6.07) is 4.02. The highest BCUT2D eigenvalue weighted by Gasteiger charge is 2.14. The van der Waals surface area contributed by atoms with Crippen LogP contribution >= 0.6 is 0 Å². The summed E-state index contributed by atoms with van der Waals surface area (Å²) in [4.78, 5) is 16.1. The van der Waals surface area contributed by atoms with E-state index in [9.17, 15) is 4.79 Å². The molecule has 1 amide bonds. The van der Waals surface area contributed by atoms with Crippen molar-refractivity contribution >= 4 is 16.9 Å². The van der Waals surface area contributed by atoms with Crippen molar-refractivity contribution in [1.82, 2.24) is 20.0 Å². The molecule has 0 atom stereocenters. The molecule has 0 aliphatic rings. The number of carbonyl (C=O) groups is 1. The quantitative estimate of drug-likeness (QED) is 0.709. The average molecular weight is 312 g/mol. The van der Waals surface area contributed by atoms with Crippen LogP contribution in [0.25, 0.3) is 11.0 Å². The number of imidazole rings is 1. The Bertz CT molecular complexity index is 805. The van der Waals surface area contributed by atoms with Crippen molar-refractivity contribution in [3.8, 4) is 0 Å². The molecule has 0 saturated heterocycles. The summed E-state index contributed by atoms with van der Waals surface area (Å²) in [7, 11) is 0. The largest absolute Gasteiger partial charge is 0.356 e. The maximum absolute atomic E-state index is 12.1. The molecule has 0 spiro atoms. The molecule has 0 fully saturated rings. The maximum Gasteiger partial charge on any atom is 0.226 e. The number of aromatic nitrogens is 3. The van der Waals surface area contributed by atoms with Crippen LogP contribution in [0.3, 0.4) is 0 Å². The van der Waals surface area contributed by atoms with Gasteiger partial charge in [0.1, 0.15) is 5.69 Å². The Labute approximate surface area is 134 Å². The maximum atomic E-state index is 12.1. The van der Waals surface area contributed by atoms with Gasteiger partial charge in [-0.05, 0) is 37.5 Å². The molecule has 0 unspecified atom stereocenters. The first-order valence-corrected chi connectivity index (χ1v) is 7.71. The van der Waals surface area contributed by atoms with Crippen molar-refractivity contribution in [2.75, 3.05) is 6.54 Å². The molecule has 0 aliphatic carbocycles. The zero-order chi connectivity index (χ0) is 16.2. The summed E-state index contributed by atoms with van der Waals surface area (Å²) in [5.41, 5.74) is 3.65. The number of fused-ring (bicyclic) bond motifs is 1. The van der Waals surface area contributed by atoms with Crippen LogP contribution in [-0.4, -0.2) is 27.2 Å². The molecule has 23 heavy (non-hydrogen) atoms. The summed E-state index contributed by atoms with van der Waals surface area (Å²) >= 11 is 0. The van der Waals surface area contributed by atoms with Gasteiger partial charge in [-0.15, -0.1) is 0 Å². The minimum Gasteiger partial charge on any atom is -0.356 e. The summed E-state index contributed by atoms with van der Waals surface area (Å²) in [5, 5.41) is 7.93. The monoisotopic (exact) mass is 312 g/mol. The minimum absolute atomic E-state index is 0.0363. The number of hydrogen-bond acceptors (Lipinski definition) is 4. The van der Waals surface area contributed by atoms with Gasteiger partial charge < -0.3 is 14.4 Å². The van der Waals surface area contributed by atoms with Crippen molar-refractivity contribution in [2.24, 2.45) is 0 Å². The van der Waals surface area contributed by atoms with Gasteiger partial charge in [0.05, 0.1) is 12.7 Å². The van der Waals surface area contributed by atoms with Crippen LogP contribution in [0.2, 0.25) is 0 Å². The van der Waals surface area contributed by atoms with Crippen molar-refractivity contribution in [3.05, 3.63) is 47.7 Å². The normalized spacial score (nSPS) is 11.0. The first-order valence-electron chi connectivity index (χ1n) is 7.71. The fourth-order valence-corrected chi connectivity index (χ4v) is 2.76. The van der Waals surface area contributed by atoms with Gasteiger partial charge in [0.25, 0.3) is 0 Å². The van der Waals surface area contributed by atoms with Crippen LogP contribution < -0.4 is 5.32 Å². The third-order valence-corrected chi connectivity index (χ3v) is 3.79. The van der Waals surface area contributed by atoms with E-state index in [1.807, 2.05) is 30.7 Å². The fraction of sp³-hybridized carbons (Fsp3) is 0.353. The van der Waals surface area contributed by atoms with E-state index < -0.39 is 0 Å². The van der Waals surface area contributed by atoms with Gasteiger partial charge in [-0.2, -0.15) is 0 Å². The zero-order valence-corrected chi connectivity index (χ0v) is 13.4. The number of benzene rings is 1. The summed E-state index contributed by atoms with van der Waals surface area (Å²) in [5.74, 6) is -0.0363. The second-order valence-corrected chi connectivity index (χ2v) is 5.77. The molecule has 1 aromatic carbocycles. The highest BCUT2D eigenvalue weighted by Crippen LogP contribution is 2.24. The Morgan fingerprint density at radius 1 is 1.35 bits per heavy atom. The lowest BCUT2D eigenvalue weighted by atomic mass is 10.0. The molecule has 6 heteroatoms. The van der Waals surface area contributed by atoms with Gasteiger partial charge in [-0.1, -0.05) is 11.2 Å². The Morgan fingerprint density at radius 3 is 3.00 bits per heavy atom. The van der Waals surface area contributed by atoms with Gasteiger partial charge in [0.2, 0.25) is 5.91 Å². The molecular formula is C17H20N4O2. The van der Waals surface area contributed by atoms with Gasteiger partial charge in [-0.3, -0.25) is 4.79 Å². The average Bonchev–Trinajstić information content (AvgIpc) is 3.13. The third kappa shape index (κ3) is 3.59. The smallest absolute Gasteiger partial charge is 0.226 e. The van der Waals surface area contributed by atoms with Crippen molar-refractivity contribution in [3.63, 3.8) is 0 Å². The summed E-state index contributed by atoms with van der Waals surface area (Å²) in [6.45, 7) is 5.50.